The topological polar surface area (TPSA) is 79.2 Å². The molecular formula is C19H17ClN4O2. The highest BCUT2D eigenvalue weighted by Gasteiger charge is 2.11. The number of benzene rings is 2. The van der Waals surface area contributed by atoms with Gasteiger partial charge in [-0.25, -0.2) is 10.1 Å². The Morgan fingerprint density at radius 3 is 2.62 bits per heavy atom. The first-order valence-electron chi connectivity index (χ1n) is 7.94. The zero-order chi connectivity index (χ0) is 18.7. The van der Waals surface area contributed by atoms with E-state index in [0.29, 0.717) is 21.8 Å². The molecule has 3 rings (SSSR count). The van der Waals surface area contributed by atoms with Crippen LogP contribution in [-0.2, 0) is 0 Å². The number of aryl methyl sites for hydroxylation is 2. The molecule has 0 radical (unpaired) electrons. The Bertz CT molecular complexity index is 1040. The highest BCUT2D eigenvalue weighted by atomic mass is 35.5. The summed E-state index contributed by atoms with van der Waals surface area (Å²) in [7, 11) is 0. The predicted molar refractivity (Wildman–Crippen MR) is 102 cm³/mol. The standard InChI is InChI=1S/C19H17ClN4O2/c1-12-8-9-14(10-17(12)20)18(25)22-21-11-16-13(2)23-24(19(16)26)15-6-4-3-5-7-15/h3-11,23H,1-2H3,(H,22,25). The van der Waals surface area contributed by atoms with E-state index >= 15 is 0 Å². The summed E-state index contributed by atoms with van der Waals surface area (Å²) in [4.78, 5) is 24.6. The van der Waals surface area contributed by atoms with Gasteiger partial charge in [0.2, 0.25) is 0 Å². The first-order chi connectivity index (χ1) is 12.5. The minimum Gasteiger partial charge on any atom is -0.295 e. The van der Waals surface area contributed by atoms with E-state index < -0.39 is 5.91 Å². The number of rotatable bonds is 4. The molecule has 1 amide bonds. The third kappa shape index (κ3) is 3.60. The summed E-state index contributed by atoms with van der Waals surface area (Å²) in [5, 5.41) is 7.40. The molecule has 0 fully saturated rings. The lowest BCUT2D eigenvalue weighted by atomic mass is 10.1. The fourth-order valence-electron chi connectivity index (χ4n) is 2.42. The number of halogens is 1. The largest absolute Gasteiger partial charge is 0.295 e. The van der Waals surface area contributed by atoms with Crippen molar-refractivity contribution in [2.75, 3.05) is 0 Å². The summed E-state index contributed by atoms with van der Waals surface area (Å²) >= 11 is 6.02. The van der Waals surface area contributed by atoms with Crippen molar-refractivity contribution < 1.29 is 4.79 Å². The molecule has 132 valence electrons. The number of carbonyl (C=O) groups excluding carboxylic acids is 1. The van der Waals surface area contributed by atoms with Crippen molar-refractivity contribution >= 4 is 23.7 Å². The molecule has 26 heavy (non-hydrogen) atoms. The van der Waals surface area contributed by atoms with Gasteiger partial charge in [-0.2, -0.15) is 5.10 Å². The molecule has 2 N–H and O–H groups in total. The third-order valence-electron chi connectivity index (χ3n) is 3.93. The number of nitrogens with one attached hydrogen (secondary N) is 2. The lowest BCUT2D eigenvalue weighted by Gasteiger charge is -2.02. The number of hydrogen-bond acceptors (Lipinski definition) is 3. The quantitative estimate of drug-likeness (QED) is 0.548. The van der Waals surface area contributed by atoms with Gasteiger partial charge in [-0.15, -0.1) is 0 Å². The normalized spacial score (nSPS) is 11.0. The summed E-state index contributed by atoms with van der Waals surface area (Å²) in [6, 6.07) is 14.2. The molecule has 0 atom stereocenters. The van der Waals surface area contributed by atoms with Gasteiger partial charge in [0.1, 0.15) is 0 Å². The smallest absolute Gasteiger partial charge is 0.280 e. The fourth-order valence-corrected chi connectivity index (χ4v) is 2.61. The van der Waals surface area contributed by atoms with Crippen LogP contribution in [0.4, 0.5) is 0 Å². The van der Waals surface area contributed by atoms with Crippen molar-refractivity contribution in [3.05, 3.63) is 86.3 Å². The highest BCUT2D eigenvalue weighted by Crippen LogP contribution is 2.16. The molecule has 0 spiro atoms. The second-order valence-corrected chi connectivity index (χ2v) is 6.20. The zero-order valence-electron chi connectivity index (χ0n) is 14.3. The summed E-state index contributed by atoms with van der Waals surface area (Å²) in [6.45, 7) is 3.62. The van der Waals surface area contributed by atoms with Crippen LogP contribution in [0.15, 0.2) is 58.4 Å². The Labute approximate surface area is 155 Å². The minimum atomic E-state index is -0.403. The first-order valence-corrected chi connectivity index (χ1v) is 8.32. The second-order valence-electron chi connectivity index (χ2n) is 5.79. The van der Waals surface area contributed by atoms with Crippen LogP contribution >= 0.6 is 11.6 Å². The van der Waals surface area contributed by atoms with Crippen molar-refractivity contribution in [1.82, 2.24) is 15.2 Å². The Kier molecular flexibility index (Phi) is 5.04. The van der Waals surface area contributed by atoms with E-state index in [1.807, 2.05) is 37.3 Å². The third-order valence-corrected chi connectivity index (χ3v) is 4.33. The molecule has 0 unspecified atom stereocenters. The molecule has 0 bridgehead atoms. The van der Waals surface area contributed by atoms with Gasteiger partial charge in [0, 0.05) is 16.3 Å². The first kappa shape index (κ1) is 17.7. The molecule has 0 aliphatic heterocycles. The molecule has 1 heterocycles. The van der Waals surface area contributed by atoms with E-state index in [0.717, 1.165) is 11.3 Å². The minimum absolute atomic E-state index is 0.245. The van der Waals surface area contributed by atoms with Crippen molar-refractivity contribution in [2.45, 2.75) is 13.8 Å². The average molecular weight is 369 g/mol. The van der Waals surface area contributed by atoms with Gasteiger partial charge in [0.15, 0.2) is 0 Å². The Balaban J connectivity index is 1.79. The van der Waals surface area contributed by atoms with Crippen LogP contribution in [0, 0.1) is 13.8 Å². The molecule has 7 heteroatoms. The Morgan fingerprint density at radius 1 is 1.19 bits per heavy atom. The molecule has 3 aromatic rings. The molecular weight excluding hydrogens is 352 g/mol. The van der Waals surface area contributed by atoms with Gasteiger partial charge in [0.05, 0.1) is 17.5 Å². The SMILES string of the molecule is Cc1ccc(C(=O)NN=Cc2c(C)[nH]n(-c3ccccc3)c2=O)cc1Cl. The summed E-state index contributed by atoms with van der Waals surface area (Å²) < 4.78 is 1.43. The number of H-pyrrole nitrogens is 1. The number of aromatic nitrogens is 2. The van der Waals surface area contributed by atoms with Crippen LogP contribution < -0.4 is 11.0 Å². The predicted octanol–water partition coefficient (Wildman–Crippen LogP) is 3.20. The van der Waals surface area contributed by atoms with Crippen molar-refractivity contribution in [3.8, 4) is 5.69 Å². The van der Waals surface area contributed by atoms with Crippen LogP contribution in [0.3, 0.4) is 0 Å². The number of nitrogens with zero attached hydrogens (tertiary/aromatic N) is 2. The molecule has 0 saturated heterocycles. The number of aromatic amines is 1. The maximum absolute atomic E-state index is 12.5. The summed E-state index contributed by atoms with van der Waals surface area (Å²) in [6.07, 6.45) is 1.33. The molecule has 6 nitrogen and oxygen atoms in total. The van der Waals surface area contributed by atoms with Gasteiger partial charge >= 0.3 is 0 Å². The van der Waals surface area contributed by atoms with Crippen molar-refractivity contribution in [2.24, 2.45) is 5.10 Å². The van der Waals surface area contributed by atoms with Gasteiger partial charge in [0.25, 0.3) is 11.5 Å². The maximum Gasteiger partial charge on any atom is 0.280 e. The zero-order valence-corrected chi connectivity index (χ0v) is 15.0. The van der Waals surface area contributed by atoms with E-state index in [2.05, 4.69) is 15.6 Å². The van der Waals surface area contributed by atoms with E-state index in [9.17, 15) is 9.59 Å². The van der Waals surface area contributed by atoms with Crippen LogP contribution in [0.2, 0.25) is 5.02 Å². The number of para-hydroxylation sites is 1. The van der Waals surface area contributed by atoms with Gasteiger partial charge in [-0.05, 0) is 43.7 Å². The lowest BCUT2D eigenvalue weighted by Crippen LogP contribution is -2.20. The van der Waals surface area contributed by atoms with E-state index in [1.165, 1.54) is 10.9 Å². The van der Waals surface area contributed by atoms with Crippen molar-refractivity contribution in [1.29, 1.82) is 0 Å². The van der Waals surface area contributed by atoms with Crippen LogP contribution in [0.5, 0.6) is 0 Å². The summed E-state index contributed by atoms with van der Waals surface area (Å²) in [5.41, 5.74) is 5.18. The molecule has 2 aromatic carbocycles. The van der Waals surface area contributed by atoms with E-state index in [1.54, 1.807) is 25.1 Å². The van der Waals surface area contributed by atoms with Gasteiger partial charge < -0.3 is 0 Å². The number of carbonyl (C=O) groups is 1. The van der Waals surface area contributed by atoms with Crippen LogP contribution in [-0.4, -0.2) is 21.9 Å². The van der Waals surface area contributed by atoms with Crippen LogP contribution in [0.25, 0.3) is 5.69 Å². The fraction of sp³-hybridized carbons (Fsp3) is 0.105. The lowest BCUT2D eigenvalue weighted by molar-refractivity contribution is 0.0955. The molecule has 0 saturated carbocycles. The summed E-state index contributed by atoms with van der Waals surface area (Å²) in [5.74, 6) is -0.403. The van der Waals surface area contributed by atoms with Crippen LogP contribution in [0.1, 0.15) is 27.2 Å². The second kappa shape index (κ2) is 7.41. The van der Waals surface area contributed by atoms with Gasteiger partial charge in [-0.1, -0.05) is 35.9 Å². The number of hydrogen-bond donors (Lipinski definition) is 2. The Morgan fingerprint density at radius 2 is 1.92 bits per heavy atom. The molecule has 1 aromatic heterocycles. The Hall–Kier alpha value is -3.12. The molecule has 0 aliphatic carbocycles. The van der Waals surface area contributed by atoms with Crippen molar-refractivity contribution in [3.63, 3.8) is 0 Å². The number of hydrazone groups is 1. The van der Waals surface area contributed by atoms with E-state index in [4.69, 9.17) is 11.6 Å². The maximum atomic E-state index is 12.5. The van der Waals surface area contributed by atoms with Gasteiger partial charge in [-0.3, -0.25) is 14.7 Å². The average Bonchev–Trinajstić information content (AvgIpc) is 2.92. The highest BCUT2D eigenvalue weighted by molar-refractivity contribution is 6.31. The van der Waals surface area contributed by atoms with E-state index in [-0.39, 0.29) is 5.56 Å². The monoisotopic (exact) mass is 368 g/mol. The number of amides is 1. The molecule has 0 aliphatic rings.